The number of methoxy groups -OCH3 is 1. The van der Waals surface area contributed by atoms with Crippen molar-refractivity contribution in [1.82, 2.24) is 9.38 Å². The van der Waals surface area contributed by atoms with Crippen LogP contribution in [0.1, 0.15) is 31.0 Å². The van der Waals surface area contributed by atoms with Crippen LogP contribution in [0.5, 0.6) is 5.75 Å². The SMILES string of the molecule is COc1ccc([N+](=O)[O-])cc1N=Nc1c(C(C)C)nc2cc(C)ccn12. The standard InChI is InChI=1S/C18H19N5O3/c1-11(2)17-18(22-8-7-12(3)9-16(22)19-17)21-20-14-10-13(23(24)25)5-6-15(14)26-4/h5-11H,1-4H3. The van der Waals surface area contributed by atoms with E-state index in [1.165, 1.54) is 25.3 Å². The summed E-state index contributed by atoms with van der Waals surface area (Å²) in [6.07, 6.45) is 1.89. The molecule has 134 valence electrons. The van der Waals surface area contributed by atoms with E-state index in [0.29, 0.717) is 17.3 Å². The average Bonchev–Trinajstić information content (AvgIpc) is 2.97. The summed E-state index contributed by atoms with van der Waals surface area (Å²) >= 11 is 0. The fourth-order valence-electron chi connectivity index (χ4n) is 2.61. The molecular weight excluding hydrogens is 334 g/mol. The number of imidazole rings is 1. The molecule has 26 heavy (non-hydrogen) atoms. The molecule has 8 heteroatoms. The van der Waals surface area contributed by atoms with Crippen LogP contribution in [0, 0.1) is 17.0 Å². The van der Waals surface area contributed by atoms with E-state index in [9.17, 15) is 10.1 Å². The third-order valence-electron chi connectivity index (χ3n) is 3.95. The van der Waals surface area contributed by atoms with Gasteiger partial charge in [-0.1, -0.05) is 13.8 Å². The van der Waals surface area contributed by atoms with Crippen LogP contribution in [-0.4, -0.2) is 21.4 Å². The van der Waals surface area contributed by atoms with Gasteiger partial charge < -0.3 is 4.74 Å². The molecule has 0 aliphatic heterocycles. The highest BCUT2D eigenvalue weighted by atomic mass is 16.6. The fraction of sp³-hybridized carbons (Fsp3) is 0.278. The molecule has 2 aromatic heterocycles. The number of aryl methyl sites for hydroxylation is 1. The minimum atomic E-state index is -0.477. The number of rotatable bonds is 5. The second kappa shape index (κ2) is 6.91. The topological polar surface area (TPSA) is 94.4 Å². The van der Waals surface area contributed by atoms with Crippen molar-refractivity contribution in [3.8, 4) is 5.75 Å². The Balaban J connectivity index is 2.12. The largest absolute Gasteiger partial charge is 0.494 e. The Morgan fingerprint density at radius 1 is 1.23 bits per heavy atom. The molecule has 0 spiro atoms. The molecule has 0 radical (unpaired) electrons. The van der Waals surface area contributed by atoms with Gasteiger partial charge in [-0.2, -0.15) is 0 Å². The van der Waals surface area contributed by atoms with E-state index >= 15 is 0 Å². The van der Waals surface area contributed by atoms with Crippen molar-refractivity contribution in [2.24, 2.45) is 10.2 Å². The molecule has 0 saturated carbocycles. The number of pyridine rings is 1. The van der Waals surface area contributed by atoms with Crippen molar-refractivity contribution < 1.29 is 9.66 Å². The zero-order valence-electron chi connectivity index (χ0n) is 15.0. The summed E-state index contributed by atoms with van der Waals surface area (Å²) in [4.78, 5) is 15.2. The Labute approximate surface area is 150 Å². The lowest BCUT2D eigenvalue weighted by atomic mass is 10.1. The molecular formula is C18H19N5O3. The number of nitro benzene ring substituents is 1. The van der Waals surface area contributed by atoms with Gasteiger partial charge in [-0.05, 0) is 36.6 Å². The van der Waals surface area contributed by atoms with Crippen molar-refractivity contribution in [1.29, 1.82) is 0 Å². The Kier molecular flexibility index (Phi) is 4.66. The molecule has 0 fully saturated rings. The van der Waals surface area contributed by atoms with Crippen LogP contribution in [0.2, 0.25) is 0 Å². The van der Waals surface area contributed by atoms with Gasteiger partial charge in [0.25, 0.3) is 5.69 Å². The van der Waals surface area contributed by atoms with E-state index < -0.39 is 4.92 Å². The maximum Gasteiger partial charge on any atom is 0.271 e. The zero-order valence-corrected chi connectivity index (χ0v) is 15.0. The number of nitro groups is 1. The number of hydrogen-bond donors (Lipinski definition) is 0. The van der Waals surface area contributed by atoms with Gasteiger partial charge in [-0.15, -0.1) is 10.2 Å². The number of azo groups is 1. The maximum absolute atomic E-state index is 11.0. The van der Waals surface area contributed by atoms with Crippen LogP contribution in [0.4, 0.5) is 17.2 Å². The molecule has 1 aromatic carbocycles. The third-order valence-corrected chi connectivity index (χ3v) is 3.95. The zero-order chi connectivity index (χ0) is 18.8. The molecule has 0 saturated heterocycles. The van der Waals surface area contributed by atoms with Crippen LogP contribution >= 0.6 is 0 Å². The van der Waals surface area contributed by atoms with E-state index in [2.05, 4.69) is 15.2 Å². The third kappa shape index (κ3) is 3.26. The van der Waals surface area contributed by atoms with Crippen LogP contribution in [-0.2, 0) is 0 Å². The number of nitrogens with zero attached hydrogens (tertiary/aromatic N) is 5. The van der Waals surface area contributed by atoms with E-state index in [0.717, 1.165) is 16.9 Å². The van der Waals surface area contributed by atoms with E-state index in [1.54, 1.807) is 0 Å². The molecule has 0 amide bonds. The number of ether oxygens (including phenoxy) is 1. The van der Waals surface area contributed by atoms with Gasteiger partial charge in [0.15, 0.2) is 5.82 Å². The van der Waals surface area contributed by atoms with Crippen molar-refractivity contribution in [2.45, 2.75) is 26.7 Å². The van der Waals surface area contributed by atoms with Gasteiger partial charge in [0.1, 0.15) is 17.1 Å². The molecule has 0 atom stereocenters. The number of benzene rings is 1. The number of fused-ring (bicyclic) bond motifs is 1. The normalized spacial score (nSPS) is 11.6. The molecule has 3 aromatic rings. The van der Waals surface area contributed by atoms with Crippen LogP contribution < -0.4 is 4.74 Å². The average molecular weight is 353 g/mol. The smallest absolute Gasteiger partial charge is 0.271 e. The second-order valence-corrected chi connectivity index (χ2v) is 6.22. The highest BCUT2D eigenvalue weighted by Crippen LogP contribution is 2.34. The maximum atomic E-state index is 11.0. The fourth-order valence-corrected chi connectivity index (χ4v) is 2.61. The van der Waals surface area contributed by atoms with Gasteiger partial charge in [0, 0.05) is 18.3 Å². The number of aromatic nitrogens is 2. The Morgan fingerprint density at radius 2 is 2.00 bits per heavy atom. The molecule has 0 unspecified atom stereocenters. The first-order valence-corrected chi connectivity index (χ1v) is 8.13. The van der Waals surface area contributed by atoms with Crippen LogP contribution in [0.3, 0.4) is 0 Å². The first kappa shape index (κ1) is 17.5. The quantitative estimate of drug-likeness (QED) is 0.362. The Morgan fingerprint density at radius 3 is 2.65 bits per heavy atom. The van der Waals surface area contributed by atoms with Gasteiger partial charge >= 0.3 is 0 Å². The predicted molar refractivity (Wildman–Crippen MR) is 97.8 cm³/mol. The first-order valence-electron chi connectivity index (χ1n) is 8.13. The van der Waals surface area contributed by atoms with Crippen LogP contribution in [0.25, 0.3) is 5.65 Å². The molecule has 0 N–H and O–H groups in total. The Bertz CT molecular complexity index is 1010. The van der Waals surface area contributed by atoms with Gasteiger partial charge in [-0.25, -0.2) is 4.98 Å². The highest BCUT2D eigenvalue weighted by Gasteiger charge is 2.16. The van der Waals surface area contributed by atoms with Crippen molar-refractivity contribution >= 4 is 22.8 Å². The summed E-state index contributed by atoms with van der Waals surface area (Å²) in [5, 5.41) is 19.6. The summed E-state index contributed by atoms with van der Waals surface area (Å²) in [7, 11) is 1.48. The summed E-state index contributed by atoms with van der Waals surface area (Å²) in [6.45, 7) is 6.06. The van der Waals surface area contributed by atoms with Gasteiger partial charge in [0.2, 0.25) is 0 Å². The lowest BCUT2D eigenvalue weighted by Gasteiger charge is -2.04. The summed E-state index contributed by atoms with van der Waals surface area (Å²) in [6, 6.07) is 8.15. The van der Waals surface area contributed by atoms with Crippen molar-refractivity contribution in [2.75, 3.05) is 7.11 Å². The minimum absolute atomic E-state index is 0.0717. The van der Waals surface area contributed by atoms with Gasteiger partial charge in [0.05, 0.1) is 17.7 Å². The molecule has 0 aliphatic carbocycles. The van der Waals surface area contributed by atoms with E-state index in [4.69, 9.17) is 4.74 Å². The van der Waals surface area contributed by atoms with Crippen LogP contribution in [0.15, 0.2) is 46.8 Å². The highest BCUT2D eigenvalue weighted by molar-refractivity contribution is 5.58. The van der Waals surface area contributed by atoms with E-state index in [-0.39, 0.29) is 11.6 Å². The molecule has 8 nitrogen and oxygen atoms in total. The monoisotopic (exact) mass is 353 g/mol. The molecule has 0 aliphatic rings. The summed E-state index contributed by atoms with van der Waals surface area (Å²) in [5.41, 5.74) is 2.91. The number of hydrogen-bond acceptors (Lipinski definition) is 6. The van der Waals surface area contributed by atoms with Crippen molar-refractivity contribution in [3.63, 3.8) is 0 Å². The lowest BCUT2D eigenvalue weighted by molar-refractivity contribution is -0.384. The van der Waals surface area contributed by atoms with Gasteiger partial charge in [-0.3, -0.25) is 14.5 Å². The summed E-state index contributed by atoms with van der Waals surface area (Å²) < 4.78 is 7.09. The molecule has 3 rings (SSSR count). The lowest BCUT2D eigenvalue weighted by Crippen LogP contribution is -1.90. The van der Waals surface area contributed by atoms with Crippen molar-refractivity contribution in [3.05, 3.63) is 57.9 Å². The predicted octanol–water partition coefficient (Wildman–Crippen LogP) is 5.10. The Hall–Kier alpha value is -3.29. The number of non-ortho nitro benzene ring substituents is 1. The summed E-state index contributed by atoms with van der Waals surface area (Å²) in [5.74, 6) is 1.16. The minimum Gasteiger partial charge on any atom is -0.494 e. The van der Waals surface area contributed by atoms with E-state index in [1.807, 2.05) is 43.5 Å². The second-order valence-electron chi connectivity index (χ2n) is 6.22. The molecule has 0 bridgehead atoms. The first-order chi connectivity index (χ1) is 12.4. The molecule has 2 heterocycles.